The Morgan fingerprint density at radius 2 is 2.07 bits per heavy atom. The standard InChI is InChI=1S/C6H11NO2.C4H4N2/c1-3-4-5(2)6(8)9-7;1-2-5-4-6-3-1/h4H,3,7H2,1-2H3;1-4H. The number of carbonyl (C=O) groups is 1. The maximum absolute atomic E-state index is 10.5. The van der Waals surface area contributed by atoms with Crippen molar-refractivity contribution in [2.75, 3.05) is 0 Å². The summed E-state index contributed by atoms with van der Waals surface area (Å²) in [6.45, 7) is 3.60. The van der Waals surface area contributed by atoms with Crippen LogP contribution in [0, 0.1) is 0 Å². The van der Waals surface area contributed by atoms with Crippen LogP contribution in [-0.4, -0.2) is 15.9 Å². The summed E-state index contributed by atoms with van der Waals surface area (Å²) in [5, 5.41) is 0. The van der Waals surface area contributed by atoms with Gasteiger partial charge in [0.05, 0.1) is 0 Å². The molecule has 15 heavy (non-hydrogen) atoms. The van der Waals surface area contributed by atoms with Gasteiger partial charge in [-0.15, -0.1) is 0 Å². The van der Waals surface area contributed by atoms with Crippen LogP contribution in [0.25, 0.3) is 0 Å². The van der Waals surface area contributed by atoms with Crippen LogP contribution in [0.15, 0.2) is 36.4 Å². The van der Waals surface area contributed by atoms with Gasteiger partial charge in [0, 0.05) is 18.0 Å². The van der Waals surface area contributed by atoms with Crippen molar-refractivity contribution < 1.29 is 9.63 Å². The largest absolute Gasteiger partial charge is 0.370 e. The molecule has 0 saturated carbocycles. The van der Waals surface area contributed by atoms with Gasteiger partial charge in [-0.05, 0) is 19.4 Å². The molecule has 82 valence electrons. The summed E-state index contributed by atoms with van der Waals surface area (Å²) in [5.74, 6) is 4.15. The zero-order valence-electron chi connectivity index (χ0n) is 8.88. The van der Waals surface area contributed by atoms with E-state index in [4.69, 9.17) is 0 Å². The predicted octanol–water partition coefficient (Wildman–Crippen LogP) is 1.24. The highest BCUT2D eigenvalue weighted by Crippen LogP contribution is 1.95. The van der Waals surface area contributed by atoms with Crippen LogP contribution in [0.4, 0.5) is 0 Å². The number of allylic oxidation sites excluding steroid dienone is 1. The van der Waals surface area contributed by atoms with Gasteiger partial charge in [-0.3, -0.25) is 0 Å². The van der Waals surface area contributed by atoms with Gasteiger partial charge in [0.25, 0.3) is 0 Å². The average Bonchev–Trinajstić information content (AvgIpc) is 2.31. The Morgan fingerprint density at radius 3 is 2.33 bits per heavy atom. The fraction of sp³-hybridized carbons (Fsp3) is 0.300. The van der Waals surface area contributed by atoms with Gasteiger partial charge in [-0.25, -0.2) is 14.8 Å². The van der Waals surface area contributed by atoms with Gasteiger partial charge in [0.2, 0.25) is 0 Å². The molecule has 0 saturated heterocycles. The molecular weight excluding hydrogens is 194 g/mol. The van der Waals surface area contributed by atoms with E-state index in [-0.39, 0.29) is 0 Å². The molecule has 0 unspecified atom stereocenters. The van der Waals surface area contributed by atoms with Crippen molar-refractivity contribution in [3.8, 4) is 0 Å². The van der Waals surface area contributed by atoms with Crippen LogP contribution in [0.2, 0.25) is 0 Å². The molecule has 5 nitrogen and oxygen atoms in total. The molecule has 1 rings (SSSR count). The van der Waals surface area contributed by atoms with Crippen molar-refractivity contribution in [2.24, 2.45) is 5.90 Å². The summed E-state index contributed by atoms with van der Waals surface area (Å²) < 4.78 is 0. The minimum atomic E-state index is -0.461. The maximum Gasteiger partial charge on any atom is 0.351 e. The smallest absolute Gasteiger partial charge is 0.351 e. The van der Waals surface area contributed by atoms with E-state index in [1.165, 1.54) is 6.33 Å². The summed E-state index contributed by atoms with van der Waals surface area (Å²) in [7, 11) is 0. The van der Waals surface area contributed by atoms with Crippen LogP contribution in [0.3, 0.4) is 0 Å². The Hall–Kier alpha value is -1.75. The summed E-state index contributed by atoms with van der Waals surface area (Å²) in [6.07, 6.45) is 7.45. The molecule has 1 aromatic rings. The molecule has 0 aliphatic rings. The minimum Gasteiger partial charge on any atom is -0.370 e. The topological polar surface area (TPSA) is 78.1 Å². The quantitative estimate of drug-likeness (QED) is 0.585. The zero-order valence-corrected chi connectivity index (χ0v) is 8.88. The summed E-state index contributed by atoms with van der Waals surface area (Å²) >= 11 is 0. The third-order valence-corrected chi connectivity index (χ3v) is 1.42. The number of nitrogens with two attached hydrogens (primary N) is 1. The molecular formula is C10H15N3O2. The fourth-order valence-corrected chi connectivity index (χ4v) is 0.736. The lowest BCUT2D eigenvalue weighted by atomic mass is 10.2. The molecule has 0 spiro atoms. The Kier molecular flexibility index (Phi) is 7.80. The van der Waals surface area contributed by atoms with Crippen molar-refractivity contribution in [1.29, 1.82) is 0 Å². The molecule has 0 radical (unpaired) electrons. The normalized spacial score (nSPS) is 9.93. The van der Waals surface area contributed by atoms with Crippen LogP contribution in [-0.2, 0) is 9.63 Å². The average molecular weight is 209 g/mol. The van der Waals surface area contributed by atoms with E-state index < -0.39 is 5.97 Å². The minimum absolute atomic E-state index is 0.461. The number of carbonyl (C=O) groups excluding carboxylic acids is 1. The van der Waals surface area contributed by atoms with Crippen molar-refractivity contribution >= 4 is 5.97 Å². The predicted molar refractivity (Wildman–Crippen MR) is 56.4 cm³/mol. The SMILES string of the molecule is CCC=C(C)C(=O)ON.c1cncnc1. The first-order chi connectivity index (χ1) is 7.22. The summed E-state index contributed by atoms with van der Waals surface area (Å²) in [6, 6.07) is 1.78. The Balaban J connectivity index is 0.000000280. The van der Waals surface area contributed by atoms with Crippen LogP contribution in [0.5, 0.6) is 0 Å². The highest BCUT2D eigenvalue weighted by atomic mass is 16.7. The van der Waals surface area contributed by atoms with Crippen LogP contribution in [0.1, 0.15) is 20.3 Å². The Labute approximate surface area is 88.9 Å². The molecule has 0 fully saturated rings. The maximum atomic E-state index is 10.5. The van der Waals surface area contributed by atoms with Gasteiger partial charge in [-0.1, -0.05) is 13.0 Å². The van der Waals surface area contributed by atoms with Gasteiger partial charge < -0.3 is 4.84 Å². The van der Waals surface area contributed by atoms with E-state index in [1.54, 1.807) is 31.5 Å². The summed E-state index contributed by atoms with van der Waals surface area (Å²) in [4.78, 5) is 21.8. The number of hydrogen-bond donors (Lipinski definition) is 1. The third-order valence-electron chi connectivity index (χ3n) is 1.42. The highest BCUT2D eigenvalue weighted by Gasteiger charge is 2.00. The fourth-order valence-electron chi connectivity index (χ4n) is 0.736. The second-order valence-electron chi connectivity index (χ2n) is 2.60. The van der Waals surface area contributed by atoms with Crippen LogP contribution >= 0.6 is 0 Å². The molecule has 2 N–H and O–H groups in total. The van der Waals surface area contributed by atoms with Crippen LogP contribution < -0.4 is 5.90 Å². The number of nitrogens with zero attached hydrogens (tertiary/aromatic N) is 2. The highest BCUT2D eigenvalue weighted by molar-refractivity contribution is 5.87. The number of aromatic nitrogens is 2. The van der Waals surface area contributed by atoms with Crippen molar-refractivity contribution in [1.82, 2.24) is 9.97 Å². The molecule has 0 amide bonds. The molecule has 0 atom stereocenters. The van der Waals surface area contributed by atoms with E-state index in [0.717, 1.165) is 6.42 Å². The van der Waals surface area contributed by atoms with Crippen molar-refractivity contribution in [3.63, 3.8) is 0 Å². The zero-order chi connectivity index (χ0) is 11.5. The molecule has 1 heterocycles. The lowest BCUT2D eigenvalue weighted by Gasteiger charge is -1.94. The first-order valence-corrected chi connectivity index (χ1v) is 4.50. The first kappa shape index (κ1) is 13.2. The Bertz CT molecular complexity index is 272. The summed E-state index contributed by atoms with van der Waals surface area (Å²) in [5.41, 5.74) is 0.556. The van der Waals surface area contributed by atoms with Crippen molar-refractivity contribution in [3.05, 3.63) is 36.4 Å². The third kappa shape index (κ3) is 7.33. The molecule has 0 aliphatic carbocycles. The van der Waals surface area contributed by atoms with E-state index in [2.05, 4.69) is 20.7 Å². The van der Waals surface area contributed by atoms with E-state index >= 15 is 0 Å². The lowest BCUT2D eigenvalue weighted by Crippen LogP contribution is -2.10. The molecule has 0 aliphatic heterocycles. The molecule has 0 bridgehead atoms. The van der Waals surface area contributed by atoms with Gasteiger partial charge in [0.1, 0.15) is 6.33 Å². The molecule has 5 heteroatoms. The molecule has 0 aromatic carbocycles. The monoisotopic (exact) mass is 209 g/mol. The second kappa shape index (κ2) is 8.83. The van der Waals surface area contributed by atoms with Gasteiger partial charge >= 0.3 is 5.97 Å². The first-order valence-electron chi connectivity index (χ1n) is 4.50. The van der Waals surface area contributed by atoms with E-state index in [9.17, 15) is 4.79 Å². The van der Waals surface area contributed by atoms with Gasteiger partial charge in [-0.2, -0.15) is 5.90 Å². The van der Waals surface area contributed by atoms with E-state index in [0.29, 0.717) is 5.57 Å². The van der Waals surface area contributed by atoms with Crippen molar-refractivity contribution in [2.45, 2.75) is 20.3 Å². The molecule has 1 aromatic heterocycles. The van der Waals surface area contributed by atoms with E-state index in [1.807, 2.05) is 6.92 Å². The van der Waals surface area contributed by atoms with Gasteiger partial charge in [0.15, 0.2) is 0 Å². The Morgan fingerprint density at radius 1 is 1.47 bits per heavy atom. The second-order valence-corrected chi connectivity index (χ2v) is 2.60. The lowest BCUT2D eigenvalue weighted by molar-refractivity contribution is -0.139. The number of rotatable bonds is 2. The number of hydrogen-bond acceptors (Lipinski definition) is 5.